The maximum Gasteiger partial charge on any atom is 0.343 e. The van der Waals surface area contributed by atoms with Gasteiger partial charge in [-0.3, -0.25) is 0 Å². The molecule has 0 amide bonds. The van der Waals surface area contributed by atoms with Crippen molar-refractivity contribution in [2.45, 2.75) is 39.5 Å². The smallest absolute Gasteiger partial charge is 0.343 e. The summed E-state index contributed by atoms with van der Waals surface area (Å²) in [6.07, 6.45) is 2.00. The number of ether oxygens (including phenoxy) is 6. The zero-order valence-corrected chi connectivity index (χ0v) is 27.6. The van der Waals surface area contributed by atoms with E-state index in [1.807, 2.05) is 36.4 Å². The van der Waals surface area contributed by atoms with E-state index in [9.17, 15) is 9.59 Å². The number of hydrogen-bond donors (Lipinski definition) is 0. The lowest BCUT2D eigenvalue weighted by Gasteiger charge is -2.40. The first-order valence-electron chi connectivity index (χ1n) is 16.6. The Bertz CT molecular complexity index is 1660. The first kappa shape index (κ1) is 31.9. The molecule has 8 heteroatoms. The molecule has 0 spiro atoms. The third kappa shape index (κ3) is 6.30. The molecule has 4 aromatic rings. The maximum absolute atomic E-state index is 13.0. The molecule has 4 aromatic carbocycles. The fourth-order valence-electron chi connectivity index (χ4n) is 6.32. The highest BCUT2D eigenvalue weighted by molar-refractivity contribution is 5.92. The van der Waals surface area contributed by atoms with E-state index in [-0.39, 0.29) is 16.7 Å². The molecule has 2 aliphatic heterocycles. The molecule has 3 aliphatic rings. The Morgan fingerprint density at radius 1 is 0.604 bits per heavy atom. The van der Waals surface area contributed by atoms with Gasteiger partial charge >= 0.3 is 11.9 Å². The van der Waals surface area contributed by atoms with Gasteiger partial charge in [-0.2, -0.15) is 0 Å². The van der Waals surface area contributed by atoms with Crippen molar-refractivity contribution in [3.05, 3.63) is 107 Å². The molecule has 0 bridgehead atoms. The molecule has 0 atom stereocenters. The average Bonchev–Trinajstić information content (AvgIpc) is 3.34. The summed E-state index contributed by atoms with van der Waals surface area (Å²) in [5.74, 6) is 1.51. The van der Waals surface area contributed by atoms with Crippen LogP contribution in [0.1, 0.15) is 71.4 Å². The highest BCUT2D eigenvalue weighted by Gasteiger charge is 2.38. The summed E-state index contributed by atoms with van der Waals surface area (Å²) in [6, 6.07) is 25.4. The molecular weight excluding hydrogens is 608 g/mol. The van der Waals surface area contributed by atoms with Crippen molar-refractivity contribution in [1.82, 2.24) is 0 Å². The molecule has 48 heavy (non-hydrogen) atoms. The molecule has 2 saturated heterocycles. The van der Waals surface area contributed by atoms with Crippen LogP contribution in [0.2, 0.25) is 0 Å². The van der Waals surface area contributed by atoms with Gasteiger partial charge in [-0.05, 0) is 108 Å². The number of hydrogen-bond acceptors (Lipinski definition) is 8. The van der Waals surface area contributed by atoms with Crippen molar-refractivity contribution in [2.24, 2.45) is 10.8 Å². The van der Waals surface area contributed by atoms with E-state index in [1.165, 1.54) is 0 Å². The van der Waals surface area contributed by atoms with Crippen LogP contribution >= 0.6 is 0 Å². The number of fused-ring (bicyclic) bond motifs is 3. The van der Waals surface area contributed by atoms with Crippen molar-refractivity contribution in [2.75, 3.05) is 39.6 Å². The van der Waals surface area contributed by atoms with E-state index >= 15 is 0 Å². The fraction of sp³-hybridized carbons (Fsp3) is 0.350. The molecule has 0 N–H and O–H groups in total. The first-order valence-corrected chi connectivity index (χ1v) is 16.6. The molecule has 1 aliphatic carbocycles. The van der Waals surface area contributed by atoms with Gasteiger partial charge in [-0.1, -0.05) is 32.9 Å². The quantitative estimate of drug-likeness (QED) is 0.113. The van der Waals surface area contributed by atoms with Crippen molar-refractivity contribution in [1.29, 1.82) is 0 Å². The minimum Gasteiger partial charge on any atom is -0.493 e. The third-order valence-electron chi connectivity index (χ3n) is 10.1. The van der Waals surface area contributed by atoms with E-state index in [0.29, 0.717) is 47.3 Å². The summed E-state index contributed by atoms with van der Waals surface area (Å²) >= 11 is 0. The first-order chi connectivity index (χ1) is 23.3. The number of rotatable bonds is 12. The summed E-state index contributed by atoms with van der Waals surface area (Å²) in [6.45, 7) is 10.4. The lowest BCUT2D eigenvalue weighted by Crippen LogP contribution is -2.46. The highest BCUT2D eigenvalue weighted by atomic mass is 16.5. The van der Waals surface area contributed by atoms with Crippen molar-refractivity contribution in [3.8, 4) is 34.1 Å². The number of carbonyl (C=O) groups excluding carboxylic acids is 2. The molecule has 0 saturated carbocycles. The molecule has 0 radical (unpaired) electrons. The molecule has 0 unspecified atom stereocenters. The zero-order valence-electron chi connectivity index (χ0n) is 27.6. The van der Waals surface area contributed by atoms with E-state index in [0.717, 1.165) is 61.5 Å². The van der Waals surface area contributed by atoms with Crippen molar-refractivity contribution in [3.63, 3.8) is 0 Å². The molecule has 7 rings (SSSR count). The van der Waals surface area contributed by atoms with Crippen LogP contribution in [0.15, 0.2) is 84.9 Å². The van der Waals surface area contributed by atoms with Crippen LogP contribution < -0.4 is 18.9 Å². The fourth-order valence-corrected chi connectivity index (χ4v) is 6.32. The van der Waals surface area contributed by atoms with Crippen LogP contribution in [-0.4, -0.2) is 51.6 Å². The van der Waals surface area contributed by atoms with Gasteiger partial charge in [-0.25, -0.2) is 9.59 Å². The molecular formula is C40H40O8. The predicted molar refractivity (Wildman–Crippen MR) is 180 cm³/mol. The molecule has 8 nitrogen and oxygen atoms in total. The third-order valence-corrected chi connectivity index (χ3v) is 10.1. The zero-order chi connectivity index (χ0) is 33.3. The topological polar surface area (TPSA) is 89.5 Å². The van der Waals surface area contributed by atoms with Gasteiger partial charge in [0.15, 0.2) is 0 Å². The van der Waals surface area contributed by atoms with E-state index in [4.69, 9.17) is 28.4 Å². The summed E-state index contributed by atoms with van der Waals surface area (Å²) < 4.78 is 34.2. The van der Waals surface area contributed by atoms with E-state index in [1.54, 1.807) is 48.5 Å². The Balaban J connectivity index is 0.959. The van der Waals surface area contributed by atoms with Crippen LogP contribution in [0, 0.1) is 10.8 Å². The second kappa shape index (κ2) is 13.1. The average molecular weight is 649 g/mol. The van der Waals surface area contributed by atoms with Gasteiger partial charge in [0.25, 0.3) is 0 Å². The SMILES string of the molecule is CCC1(COc2ccc(C(=O)Oc3ccc4c(c3)C(C)c3cc(OC(=O)c5ccc(OCC6(CC)COC6)cc5)ccc3-4)cc2)COC1. The molecule has 248 valence electrons. The summed E-state index contributed by atoms with van der Waals surface area (Å²) in [5.41, 5.74) is 5.27. The van der Waals surface area contributed by atoms with E-state index in [2.05, 4.69) is 20.8 Å². The highest BCUT2D eigenvalue weighted by Crippen LogP contribution is 2.47. The molecule has 2 heterocycles. The predicted octanol–water partition coefficient (Wildman–Crippen LogP) is 7.87. The van der Waals surface area contributed by atoms with Gasteiger partial charge in [0, 0.05) is 5.92 Å². The van der Waals surface area contributed by atoms with Crippen molar-refractivity contribution >= 4 is 11.9 Å². The van der Waals surface area contributed by atoms with Gasteiger partial charge in [0.05, 0.1) is 61.6 Å². The second-order valence-electron chi connectivity index (χ2n) is 13.3. The van der Waals surface area contributed by atoms with Crippen LogP contribution in [0.25, 0.3) is 11.1 Å². The number of esters is 2. The van der Waals surface area contributed by atoms with Crippen molar-refractivity contribution < 1.29 is 38.0 Å². The largest absolute Gasteiger partial charge is 0.493 e. The van der Waals surface area contributed by atoms with Crippen LogP contribution in [0.4, 0.5) is 0 Å². The normalized spacial score (nSPS) is 16.9. The lowest BCUT2D eigenvalue weighted by atomic mass is 9.84. The monoisotopic (exact) mass is 648 g/mol. The van der Waals surface area contributed by atoms with Gasteiger partial charge in [-0.15, -0.1) is 0 Å². The van der Waals surface area contributed by atoms with Crippen LogP contribution in [-0.2, 0) is 9.47 Å². The number of carbonyl (C=O) groups is 2. The summed E-state index contributed by atoms with van der Waals surface area (Å²) in [4.78, 5) is 26.0. The minimum absolute atomic E-state index is 0.0140. The maximum atomic E-state index is 13.0. The second-order valence-corrected chi connectivity index (χ2v) is 13.3. The molecule has 0 aromatic heterocycles. The Morgan fingerprint density at radius 3 is 1.31 bits per heavy atom. The van der Waals surface area contributed by atoms with Gasteiger partial charge < -0.3 is 28.4 Å². The van der Waals surface area contributed by atoms with Gasteiger partial charge in [0.2, 0.25) is 0 Å². The minimum atomic E-state index is -0.436. The van der Waals surface area contributed by atoms with Crippen LogP contribution in [0.3, 0.4) is 0 Å². The Kier molecular flexibility index (Phi) is 8.71. The summed E-state index contributed by atoms with van der Waals surface area (Å²) in [5, 5.41) is 0. The lowest BCUT2D eigenvalue weighted by molar-refractivity contribution is -0.133. The summed E-state index contributed by atoms with van der Waals surface area (Å²) in [7, 11) is 0. The van der Waals surface area contributed by atoms with E-state index < -0.39 is 11.9 Å². The Morgan fingerprint density at radius 2 is 0.979 bits per heavy atom. The van der Waals surface area contributed by atoms with Crippen LogP contribution in [0.5, 0.6) is 23.0 Å². The van der Waals surface area contributed by atoms with Gasteiger partial charge in [0.1, 0.15) is 23.0 Å². The Hall–Kier alpha value is -4.66. The Labute approximate surface area is 280 Å². The standard InChI is InChI=1S/C40H40O8/c1-4-39(20-43-21-39)24-45-29-10-6-27(7-11-29)37(41)47-31-14-16-33-34-17-15-32(19-36(34)26(3)35(33)18-31)48-38(42)28-8-12-30(13-9-28)46-25-40(5-2)22-44-23-40/h6-19,26H,4-5,20-25H2,1-3H3. The number of benzene rings is 4. The molecule has 2 fully saturated rings.